The van der Waals surface area contributed by atoms with Crippen LogP contribution in [0.2, 0.25) is 0 Å². The lowest BCUT2D eigenvalue weighted by Crippen LogP contribution is -2.32. The van der Waals surface area contributed by atoms with Crippen LogP contribution in [0.3, 0.4) is 0 Å². The van der Waals surface area contributed by atoms with Crippen molar-refractivity contribution in [2.24, 2.45) is 10.9 Å². The molecule has 0 radical (unpaired) electrons. The first kappa shape index (κ1) is 28.3. The fourth-order valence-corrected chi connectivity index (χ4v) is 4.68. The molecule has 3 aromatic rings. The van der Waals surface area contributed by atoms with Crippen LogP contribution in [0, 0.1) is 0 Å². The van der Waals surface area contributed by atoms with Crippen molar-refractivity contribution < 1.29 is 28.5 Å². The van der Waals surface area contributed by atoms with Crippen LogP contribution in [-0.2, 0) is 34.3 Å². The molecule has 1 amide bonds. The van der Waals surface area contributed by atoms with Crippen molar-refractivity contribution in [2.45, 2.75) is 49.3 Å². The molecule has 37 heavy (non-hydrogen) atoms. The first-order valence-corrected chi connectivity index (χ1v) is 13.4. The summed E-state index contributed by atoms with van der Waals surface area (Å²) >= 11 is 0. The van der Waals surface area contributed by atoms with E-state index in [1.807, 2.05) is 31.2 Å². The number of amides is 1. The van der Waals surface area contributed by atoms with Gasteiger partial charge in [0.2, 0.25) is 15.9 Å². The summed E-state index contributed by atoms with van der Waals surface area (Å²) in [5.41, 5.74) is 9.14. The Kier molecular flexibility index (Phi) is 9.41. The second kappa shape index (κ2) is 12.3. The number of hydrogen-bond acceptors (Lipinski definition) is 7. The average molecular weight is 528 g/mol. The predicted molar refractivity (Wildman–Crippen MR) is 140 cm³/mol. The highest BCUT2D eigenvalue weighted by Gasteiger charge is 2.20. The zero-order valence-electron chi connectivity index (χ0n) is 20.5. The number of aliphatic hydroxyl groups is 2. The standard InChI is InChI=1S/C27H33N3O6S/c1-17(30-15-26(33)21-7-10-25(32)22(14-21)16-31)11-19-3-2-4-20(12-19)24(27(28)34)13-18-5-8-23(9-6-18)37(29,35)36/h2-10,12,14,17,24,26,30-33H,11,13,15-16H2,1H3,(H2,28,34)(H2,29,35,36)/t17-,24?,26+/m1/s1. The number of primary sulfonamides is 1. The Morgan fingerprint density at radius 1 is 0.973 bits per heavy atom. The van der Waals surface area contributed by atoms with Crippen molar-refractivity contribution >= 4 is 15.9 Å². The summed E-state index contributed by atoms with van der Waals surface area (Å²) in [6.07, 6.45) is 0.123. The third-order valence-corrected chi connectivity index (χ3v) is 7.18. The summed E-state index contributed by atoms with van der Waals surface area (Å²) in [4.78, 5) is 12.3. The Morgan fingerprint density at radius 3 is 2.30 bits per heavy atom. The van der Waals surface area contributed by atoms with Gasteiger partial charge in [-0.3, -0.25) is 4.79 Å². The van der Waals surface area contributed by atoms with Gasteiger partial charge in [-0.15, -0.1) is 0 Å². The Labute approximate surface area is 216 Å². The number of phenols is 1. The van der Waals surface area contributed by atoms with Gasteiger partial charge in [0.05, 0.1) is 23.5 Å². The summed E-state index contributed by atoms with van der Waals surface area (Å²) in [7, 11) is -3.80. The number of benzene rings is 3. The van der Waals surface area contributed by atoms with E-state index in [1.54, 1.807) is 24.3 Å². The van der Waals surface area contributed by atoms with Gasteiger partial charge in [-0.2, -0.15) is 0 Å². The van der Waals surface area contributed by atoms with E-state index in [0.717, 1.165) is 16.7 Å². The summed E-state index contributed by atoms with van der Waals surface area (Å²) in [6.45, 7) is 1.93. The molecule has 0 spiro atoms. The predicted octanol–water partition coefficient (Wildman–Crippen LogP) is 1.60. The second-order valence-corrected chi connectivity index (χ2v) is 10.7. The van der Waals surface area contributed by atoms with Crippen LogP contribution in [-0.4, -0.2) is 42.2 Å². The molecular weight excluding hydrogens is 494 g/mol. The van der Waals surface area contributed by atoms with Gasteiger partial charge >= 0.3 is 0 Å². The number of aromatic hydroxyl groups is 1. The maximum Gasteiger partial charge on any atom is 0.238 e. The van der Waals surface area contributed by atoms with Gasteiger partial charge in [-0.1, -0.05) is 42.5 Å². The van der Waals surface area contributed by atoms with Crippen LogP contribution in [0.15, 0.2) is 71.6 Å². The third-order valence-electron chi connectivity index (χ3n) is 6.25. The molecule has 0 aliphatic carbocycles. The lowest BCUT2D eigenvalue weighted by Gasteiger charge is -2.19. The van der Waals surface area contributed by atoms with Gasteiger partial charge < -0.3 is 26.4 Å². The average Bonchev–Trinajstić information content (AvgIpc) is 2.86. The van der Waals surface area contributed by atoms with Crippen molar-refractivity contribution in [3.63, 3.8) is 0 Å². The van der Waals surface area contributed by atoms with E-state index in [4.69, 9.17) is 10.9 Å². The Balaban J connectivity index is 1.64. The molecule has 0 saturated carbocycles. The molecule has 0 heterocycles. The maximum absolute atomic E-state index is 12.3. The Bertz CT molecular complexity index is 1330. The van der Waals surface area contributed by atoms with Gasteiger partial charge in [0.25, 0.3) is 0 Å². The summed E-state index contributed by atoms with van der Waals surface area (Å²) < 4.78 is 23.0. The molecule has 1 unspecified atom stereocenters. The largest absolute Gasteiger partial charge is 0.508 e. The van der Waals surface area contributed by atoms with Crippen LogP contribution >= 0.6 is 0 Å². The lowest BCUT2D eigenvalue weighted by molar-refractivity contribution is -0.119. The number of carbonyl (C=O) groups excluding carboxylic acids is 1. The number of aliphatic hydroxyl groups excluding tert-OH is 2. The number of carbonyl (C=O) groups is 1. The Morgan fingerprint density at radius 2 is 1.68 bits per heavy atom. The molecule has 10 heteroatoms. The van der Waals surface area contributed by atoms with Gasteiger partial charge in [-0.05, 0) is 66.3 Å². The van der Waals surface area contributed by atoms with Gasteiger partial charge in [-0.25, -0.2) is 13.6 Å². The summed E-state index contributed by atoms with van der Waals surface area (Å²) in [5.74, 6) is -1.10. The van der Waals surface area contributed by atoms with E-state index >= 15 is 0 Å². The second-order valence-electron chi connectivity index (χ2n) is 9.17. The van der Waals surface area contributed by atoms with E-state index in [-0.39, 0.29) is 29.8 Å². The van der Waals surface area contributed by atoms with E-state index < -0.39 is 28.0 Å². The number of nitrogens with two attached hydrogens (primary N) is 2. The number of primary amides is 1. The van der Waals surface area contributed by atoms with E-state index in [0.29, 0.717) is 24.0 Å². The van der Waals surface area contributed by atoms with Gasteiger partial charge in [0.15, 0.2) is 0 Å². The minimum absolute atomic E-state index is 0.000253. The first-order chi connectivity index (χ1) is 17.5. The van der Waals surface area contributed by atoms with E-state index in [1.165, 1.54) is 18.2 Å². The Hall–Kier alpha value is -3.28. The molecule has 3 aromatic carbocycles. The van der Waals surface area contributed by atoms with Crippen molar-refractivity contribution in [3.8, 4) is 5.75 Å². The van der Waals surface area contributed by atoms with Crippen molar-refractivity contribution in [1.82, 2.24) is 5.32 Å². The summed E-state index contributed by atoms with van der Waals surface area (Å²) in [5, 5.41) is 38.0. The van der Waals surface area contributed by atoms with Crippen LogP contribution in [0.25, 0.3) is 0 Å². The van der Waals surface area contributed by atoms with Crippen LogP contribution < -0.4 is 16.2 Å². The highest BCUT2D eigenvalue weighted by Crippen LogP contribution is 2.24. The topological polar surface area (TPSA) is 176 Å². The minimum Gasteiger partial charge on any atom is -0.508 e. The summed E-state index contributed by atoms with van der Waals surface area (Å²) in [6, 6.07) is 18.3. The fourth-order valence-electron chi connectivity index (χ4n) is 4.17. The van der Waals surface area contributed by atoms with Crippen LogP contribution in [0.4, 0.5) is 0 Å². The molecule has 0 bridgehead atoms. The van der Waals surface area contributed by atoms with Gasteiger partial charge in [0, 0.05) is 18.2 Å². The smallest absolute Gasteiger partial charge is 0.238 e. The number of hydrogen-bond donors (Lipinski definition) is 6. The van der Waals surface area contributed by atoms with E-state index in [9.17, 15) is 28.5 Å². The molecule has 198 valence electrons. The fraction of sp³-hybridized carbons (Fsp3) is 0.296. The highest BCUT2D eigenvalue weighted by atomic mass is 32.2. The zero-order chi connectivity index (χ0) is 27.2. The van der Waals surface area contributed by atoms with Crippen molar-refractivity contribution in [2.75, 3.05) is 6.54 Å². The lowest BCUT2D eigenvalue weighted by atomic mass is 9.89. The normalized spacial score (nSPS) is 14.2. The molecule has 0 aliphatic rings. The highest BCUT2D eigenvalue weighted by molar-refractivity contribution is 7.89. The minimum atomic E-state index is -3.80. The van der Waals surface area contributed by atoms with Crippen molar-refractivity contribution in [1.29, 1.82) is 0 Å². The monoisotopic (exact) mass is 527 g/mol. The van der Waals surface area contributed by atoms with Crippen LogP contribution in [0.1, 0.15) is 46.8 Å². The quantitative estimate of drug-likeness (QED) is 0.207. The third kappa shape index (κ3) is 7.85. The first-order valence-electron chi connectivity index (χ1n) is 11.8. The van der Waals surface area contributed by atoms with Gasteiger partial charge in [0.1, 0.15) is 5.75 Å². The molecular formula is C27H33N3O6S. The number of nitrogens with one attached hydrogen (secondary N) is 1. The van der Waals surface area contributed by atoms with Crippen LogP contribution in [0.5, 0.6) is 5.75 Å². The maximum atomic E-state index is 12.3. The molecule has 0 aliphatic heterocycles. The zero-order valence-corrected chi connectivity index (χ0v) is 21.4. The van der Waals surface area contributed by atoms with Crippen molar-refractivity contribution in [3.05, 3.63) is 94.5 Å². The van der Waals surface area contributed by atoms with E-state index in [2.05, 4.69) is 5.32 Å². The molecule has 0 saturated heterocycles. The number of rotatable bonds is 12. The number of sulfonamides is 1. The molecule has 0 fully saturated rings. The molecule has 0 aromatic heterocycles. The SMILES string of the molecule is C[C@H](Cc1cccc(C(Cc2ccc(S(N)(=O)=O)cc2)C(N)=O)c1)NC[C@H](O)c1ccc(O)c(CO)c1. The molecule has 3 rings (SSSR count). The molecule has 9 nitrogen and oxygen atoms in total. The molecule has 8 N–H and O–H groups in total. The molecule has 3 atom stereocenters.